The van der Waals surface area contributed by atoms with E-state index in [1.54, 1.807) is 12.1 Å². The van der Waals surface area contributed by atoms with Crippen LogP contribution in [0.4, 0.5) is 5.69 Å². The molecule has 6 heteroatoms. The molecule has 0 saturated heterocycles. The van der Waals surface area contributed by atoms with Crippen LogP contribution in [0.25, 0.3) is 0 Å². The molecule has 2 aromatic rings. The van der Waals surface area contributed by atoms with Gasteiger partial charge in [0, 0.05) is 11.9 Å². The van der Waals surface area contributed by atoms with Gasteiger partial charge >= 0.3 is 5.97 Å². The first-order valence-electron chi connectivity index (χ1n) is 9.60. The number of amides is 1. The minimum atomic E-state index is -1.01. The zero-order valence-corrected chi connectivity index (χ0v) is 16.2. The van der Waals surface area contributed by atoms with Crippen molar-refractivity contribution in [3.8, 4) is 6.07 Å². The number of benzene rings is 2. The van der Waals surface area contributed by atoms with Crippen molar-refractivity contribution in [3.63, 3.8) is 0 Å². The largest absolute Gasteiger partial charge is 0.478 e. The minimum Gasteiger partial charge on any atom is -0.478 e. The van der Waals surface area contributed by atoms with Crippen molar-refractivity contribution in [3.05, 3.63) is 76.5 Å². The SMILES string of the molecule is CC(NC(=O)/C(C#N)=C\Nc1ccc(C(=O)O)cc1)c1ccc2c(c1)CCCC2. The van der Waals surface area contributed by atoms with E-state index in [9.17, 15) is 14.9 Å². The number of nitrogens with one attached hydrogen (secondary N) is 2. The number of aromatic carboxylic acids is 1. The Kier molecular flexibility index (Phi) is 6.30. The number of fused-ring (bicyclic) bond motifs is 1. The fraction of sp³-hybridized carbons (Fsp3) is 0.261. The number of carbonyl (C=O) groups is 2. The molecule has 6 nitrogen and oxygen atoms in total. The molecule has 0 bridgehead atoms. The standard InChI is InChI=1S/C23H23N3O3/c1-15(18-7-6-16-4-2-3-5-19(16)12-18)26-22(27)20(13-24)14-25-21-10-8-17(9-11-21)23(28)29/h6-12,14-15,25H,2-5H2,1H3,(H,26,27)(H,28,29)/b20-14-. The van der Waals surface area contributed by atoms with Crippen molar-refractivity contribution in [2.24, 2.45) is 0 Å². The van der Waals surface area contributed by atoms with Crippen LogP contribution in [0.3, 0.4) is 0 Å². The molecule has 0 radical (unpaired) electrons. The van der Waals surface area contributed by atoms with Crippen LogP contribution >= 0.6 is 0 Å². The van der Waals surface area contributed by atoms with Gasteiger partial charge in [-0.1, -0.05) is 18.2 Å². The molecule has 1 unspecified atom stereocenters. The summed E-state index contributed by atoms with van der Waals surface area (Å²) >= 11 is 0. The summed E-state index contributed by atoms with van der Waals surface area (Å²) in [6, 6.07) is 14.0. The molecule has 1 amide bonds. The third kappa shape index (κ3) is 5.02. The topological polar surface area (TPSA) is 102 Å². The number of nitrogens with zero attached hydrogens (tertiary/aromatic N) is 1. The number of carboxylic acids is 1. The van der Waals surface area contributed by atoms with Crippen molar-refractivity contribution in [1.29, 1.82) is 5.26 Å². The Bertz CT molecular complexity index is 987. The van der Waals surface area contributed by atoms with Gasteiger partial charge in [0.1, 0.15) is 11.6 Å². The summed E-state index contributed by atoms with van der Waals surface area (Å²) in [5, 5.41) is 24.0. The average molecular weight is 389 g/mol. The lowest BCUT2D eigenvalue weighted by molar-refractivity contribution is -0.117. The molecule has 0 aromatic heterocycles. The molecule has 29 heavy (non-hydrogen) atoms. The first-order valence-corrected chi connectivity index (χ1v) is 9.60. The van der Waals surface area contributed by atoms with Crippen molar-refractivity contribution in [2.75, 3.05) is 5.32 Å². The fourth-order valence-corrected chi connectivity index (χ4v) is 3.39. The Morgan fingerprint density at radius 1 is 1.10 bits per heavy atom. The molecule has 3 rings (SSSR count). The molecule has 3 N–H and O–H groups in total. The Balaban J connectivity index is 1.65. The zero-order chi connectivity index (χ0) is 20.8. The summed E-state index contributed by atoms with van der Waals surface area (Å²) in [5.74, 6) is -1.48. The van der Waals surface area contributed by atoms with Crippen LogP contribution in [0.15, 0.2) is 54.2 Å². The van der Waals surface area contributed by atoms with Gasteiger partial charge < -0.3 is 15.7 Å². The summed E-state index contributed by atoms with van der Waals surface area (Å²) in [7, 11) is 0. The second-order valence-corrected chi connectivity index (χ2v) is 7.13. The van der Waals surface area contributed by atoms with E-state index in [-0.39, 0.29) is 17.2 Å². The van der Waals surface area contributed by atoms with Gasteiger partial charge in [-0.2, -0.15) is 5.26 Å². The molecule has 148 valence electrons. The minimum absolute atomic E-state index is 0.0582. The second-order valence-electron chi connectivity index (χ2n) is 7.13. The molecule has 2 aromatic carbocycles. The van der Waals surface area contributed by atoms with E-state index in [0.717, 1.165) is 18.4 Å². The van der Waals surface area contributed by atoms with Crippen LogP contribution in [0.1, 0.15) is 52.9 Å². The maximum atomic E-state index is 12.5. The van der Waals surface area contributed by atoms with Gasteiger partial charge in [0.25, 0.3) is 5.91 Å². The first-order chi connectivity index (χ1) is 14.0. The Morgan fingerprint density at radius 3 is 2.45 bits per heavy atom. The number of aryl methyl sites for hydroxylation is 2. The lowest BCUT2D eigenvalue weighted by Gasteiger charge is -2.20. The van der Waals surface area contributed by atoms with Gasteiger partial charge in [-0.25, -0.2) is 4.79 Å². The highest BCUT2D eigenvalue weighted by Gasteiger charge is 2.16. The predicted molar refractivity (Wildman–Crippen MR) is 110 cm³/mol. The zero-order valence-electron chi connectivity index (χ0n) is 16.2. The van der Waals surface area contributed by atoms with Crippen LogP contribution in [0, 0.1) is 11.3 Å². The van der Waals surface area contributed by atoms with Gasteiger partial charge in [0.15, 0.2) is 0 Å². The number of rotatable bonds is 6. The van der Waals surface area contributed by atoms with Gasteiger partial charge in [-0.3, -0.25) is 4.79 Å². The van der Waals surface area contributed by atoms with Crippen LogP contribution in [-0.2, 0) is 17.6 Å². The highest BCUT2D eigenvalue weighted by molar-refractivity contribution is 5.97. The predicted octanol–water partition coefficient (Wildman–Crippen LogP) is 3.96. The fourth-order valence-electron chi connectivity index (χ4n) is 3.39. The molecule has 1 atom stereocenters. The third-order valence-corrected chi connectivity index (χ3v) is 5.10. The average Bonchev–Trinajstić information content (AvgIpc) is 2.74. The van der Waals surface area contributed by atoms with Gasteiger partial charge in [0.2, 0.25) is 0 Å². The molecule has 0 fully saturated rings. The Hall–Kier alpha value is -3.59. The molecular formula is C23H23N3O3. The highest BCUT2D eigenvalue weighted by Crippen LogP contribution is 2.25. The number of hydrogen-bond donors (Lipinski definition) is 3. The summed E-state index contributed by atoms with van der Waals surface area (Å²) in [4.78, 5) is 23.4. The monoisotopic (exact) mass is 389 g/mol. The number of carboxylic acid groups (broad SMARTS) is 1. The van der Waals surface area contributed by atoms with Crippen molar-refractivity contribution >= 4 is 17.6 Å². The van der Waals surface area contributed by atoms with E-state index < -0.39 is 11.9 Å². The van der Waals surface area contributed by atoms with Crippen LogP contribution in [0.2, 0.25) is 0 Å². The van der Waals surface area contributed by atoms with E-state index in [2.05, 4.69) is 22.8 Å². The summed E-state index contributed by atoms with van der Waals surface area (Å²) < 4.78 is 0. The number of anilines is 1. The van der Waals surface area contributed by atoms with E-state index in [1.807, 2.05) is 19.1 Å². The quantitative estimate of drug-likeness (QED) is 0.513. The highest BCUT2D eigenvalue weighted by atomic mass is 16.4. The normalized spacial score (nSPS) is 14.3. The number of carbonyl (C=O) groups excluding carboxylic acids is 1. The van der Waals surface area contributed by atoms with Crippen molar-refractivity contribution in [2.45, 2.75) is 38.6 Å². The van der Waals surface area contributed by atoms with Crippen molar-refractivity contribution in [1.82, 2.24) is 5.32 Å². The summed E-state index contributed by atoms with van der Waals surface area (Å²) in [6.45, 7) is 1.90. The van der Waals surface area contributed by atoms with Crippen LogP contribution in [0.5, 0.6) is 0 Å². The van der Waals surface area contributed by atoms with E-state index >= 15 is 0 Å². The third-order valence-electron chi connectivity index (χ3n) is 5.10. The van der Waals surface area contributed by atoms with E-state index in [1.165, 1.54) is 42.3 Å². The van der Waals surface area contributed by atoms with Gasteiger partial charge in [0.05, 0.1) is 11.6 Å². The van der Waals surface area contributed by atoms with Gasteiger partial charge in [-0.05, 0) is 73.6 Å². The number of nitriles is 1. The van der Waals surface area contributed by atoms with Crippen molar-refractivity contribution < 1.29 is 14.7 Å². The number of hydrogen-bond acceptors (Lipinski definition) is 4. The van der Waals surface area contributed by atoms with Crippen LogP contribution < -0.4 is 10.6 Å². The Morgan fingerprint density at radius 2 is 1.79 bits per heavy atom. The molecule has 0 saturated carbocycles. The molecular weight excluding hydrogens is 366 g/mol. The maximum absolute atomic E-state index is 12.5. The van der Waals surface area contributed by atoms with Crippen LogP contribution in [-0.4, -0.2) is 17.0 Å². The molecule has 1 aliphatic carbocycles. The Labute approximate surface area is 169 Å². The summed E-state index contributed by atoms with van der Waals surface area (Å²) in [6.07, 6.45) is 5.91. The molecule has 0 spiro atoms. The van der Waals surface area contributed by atoms with E-state index in [0.29, 0.717) is 5.69 Å². The molecule has 0 heterocycles. The summed E-state index contributed by atoms with van der Waals surface area (Å²) in [5.41, 5.74) is 4.44. The van der Waals surface area contributed by atoms with E-state index in [4.69, 9.17) is 5.11 Å². The first kappa shape index (κ1) is 20.2. The van der Waals surface area contributed by atoms with Gasteiger partial charge in [-0.15, -0.1) is 0 Å². The lowest BCUT2D eigenvalue weighted by atomic mass is 9.89. The molecule has 1 aliphatic rings. The smallest absolute Gasteiger partial charge is 0.335 e. The lowest BCUT2D eigenvalue weighted by Crippen LogP contribution is -2.28. The second kappa shape index (κ2) is 9.07. The maximum Gasteiger partial charge on any atom is 0.335 e. The molecule has 0 aliphatic heterocycles.